The van der Waals surface area contributed by atoms with Gasteiger partial charge >= 0.3 is 0 Å². The molecule has 3 rings (SSSR count). The van der Waals surface area contributed by atoms with Gasteiger partial charge in [-0.3, -0.25) is 14.2 Å². The van der Waals surface area contributed by atoms with Gasteiger partial charge < -0.3 is 5.32 Å². The number of anilines is 1. The highest BCUT2D eigenvalue weighted by Crippen LogP contribution is 2.16. The molecule has 6 nitrogen and oxygen atoms in total. The standard InChI is InChI=1S/C18H20ClN5O/c1-3-16(24-12-15(19)10-20-24)18(25)21-17-8-9-23(22-17)11-14-6-4-13(2)5-7-14/h4-10,12,16H,3,11H2,1-2H3,(H,21,22,25). The van der Waals surface area contributed by atoms with Gasteiger partial charge in [-0.1, -0.05) is 48.4 Å². The predicted octanol–water partition coefficient (Wildman–Crippen LogP) is 3.68. The lowest BCUT2D eigenvalue weighted by Gasteiger charge is -2.14. The minimum atomic E-state index is -0.422. The van der Waals surface area contributed by atoms with E-state index in [0.29, 0.717) is 23.8 Å². The van der Waals surface area contributed by atoms with E-state index in [-0.39, 0.29) is 5.91 Å². The molecule has 0 spiro atoms. The Morgan fingerprint density at radius 1 is 1.28 bits per heavy atom. The summed E-state index contributed by atoms with van der Waals surface area (Å²) in [5.41, 5.74) is 2.38. The van der Waals surface area contributed by atoms with Crippen LogP contribution in [0.4, 0.5) is 5.82 Å². The molecule has 1 unspecified atom stereocenters. The Bertz CT molecular complexity index is 852. The van der Waals surface area contributed by atoms with E-state index in [1.807, 2.05) is 13.1 Å². The quantitative estimate of drug-likeness (QED) is 0.731. The highest BCUT2D eigenvalue weighted by molar-refractivity contribution is 6.30. The zero-order valence-electron chi connectivity index (χ0n) is 14.2. The Balaban J connectivity index is 1.65. The van der Waals surface area contributed by atoms with Crippen LogP contribution in [0, 0.1) is 6.92 Å². The minimum Gasteiger partial charge on any atom is -0.307 e. The molecule has 7 heteroatoms. The van der Waals surface area contributed by atoms with Crippen molar-refractivity contribution in [2.45, 2.75) is 32.9 Å². The van der Waals surface area contributed by atoms with Crippen LogP contribution < -0.4 is 5.32 Å². The van der Waals surface area contributed by atoms with E-state index in [1.54, 1.807) is 21.6 Å². The van der Waals surface area contributed by atoms with E-state index in [9.17, 15) is 4.79 Å². The van der Waals surface area contributed by atoms with Crippen LogP contribution in [0.1, 0.15) is 30.5 Å². The molecule has 0 bridgehead atoms. The minimum absolute atomic E-state index is 0.164. The lowest BCUT2D eigenvalue weighted by molar-refractivity contribution is -0.119. The maximum Gasteiger partial charge on any atom is 0.250 e. The summed E-state index contributed by atoms with van der Waals surface area (Å²) in [7, 11) is 0. The first-order valence-corrected chi connectivity index (χ1v) is 8.52. The van der Waals surface area contributed by atoms with Gasteiger partial charge in [0.2, 0.25) is 5.91 Å². The number of nitrogens with zero attached hydrogens (tertiary/aromatic N) is 4. The van der Waals surface area contributed by atoms with Crippen molar-refractivity contribution >= 4 is 23.3 Å². The summed E-state index contributed by atoms with van der Waals surface area (Å²) in [6.07, 6.45) is 5.62. The Labute approximate surface area is 151 Å². The molecule has 0 saturated carbocycles. The average molecular weight is 358 g/mol. The first-order valence-electron chi connectivity index (χ1n) is 8.14. The number of aromatic nitrogens is 4. The second-order valence-electron chi connectivity index (χ2n) is 5.94. The molecule has 130 valence electrons. The van der Waals surface area contributed by atoms with Gasteiger partial charge in [0, 0.05) is 18.5 Å². The SMILES string of the molecule is CCC(C(=O)Nc1ccn(Cc2ccc(C)cc2)n1)n1cc(Cl)cn1. The molecule has 2 aromatic heterocycles. The summed E-state index contributed by atoms with van der Waals surface area (Å²) in [5, 5.41) is 11.9. The number of amides is 1. The third kappa shape index (κ3) is 4.28. The second kappa shape index (κ2) is 7.53. The Kier molecular flexibility index (Phi) is 5.19. The summed E-state index contributed by atoms with van der Waals surface area (Å²) in [4.78, 5) is 12.5. The van der Waals surface area contributed by atoms with Crippen molar-refractivity contribution < 1.29 is 4.79 Å². The van der Waals surface area contributed by atoms with Crippen molar-refractivity contribution in [2.75, 3.05) is 5.32 Å². The number of nitrogens with one attached hydrogen (secondary N) is 1. The third-order valence-electron chi connectivity index (χ3n) is 3.94. The van der Waals surface area contributed by atoms with Gasteiger partial charge in [-0.2, -0.15) is 10.2 Å². The second-order valence-corrected chi connectivity index (χ2v) is 6.37. The van der Waals surface area contributed by atoms with Crippen LogP contribution in [0.25, 0.3) is 0 Å². The molecule has 3 aromatic rings. The molecule has 1 N–H and O–H groups in total. The van der Waals surface area contributed by atoms with Crippen molar-refractivity contribution in [3.63, 3.8) is 0 Å². The molecular weight excluding hydrogens is 338 g/mol. The van der Waals surface area contributed by atoms with Crippen LogP contribution in [-0.4, -0.2) is 25.5 Å². The van der Waals surface area contributed by atoms with Crippen LogP contribution in [0.2, 0.25) is 5.02 Å². The van der Waals surface area contributed by atoms with E-state index in [4.69, 9.17) is 11.6 Å². The molecular formula is C18H20ClN5O. The van der Waals surface area contributed by atoms with E-state index in [1.165, 1.54) is 11.8 Å². The molecule has 0 saturated heterocycles. The van der Waals surface area contributed by atoms with Gasteiger partial charge in [0.1, 0.15) is 6.04 Å². The number of carbonyl (C=O) groups is 1. The van der Waals surface area contributed by atoms with Gasteiger partial charge in [-0.25, -0.2) is 0 Å². The van der Waals surface area contributed by atoms with E-state index in [0.717, 1.165) is 5.56 Å². The normalized spacial score (nSPS) is 12.1. The predicted molar refractivity (Wildman–Crippen MR) is 97.7 cm³/mol. The van der Waals surface area contributed by atoms with Crippen LogP contribution in [0.15, 0.2) is 48.9 Å². The Hall–Kier alpha value is -2.60. The summed E-state index contributed by atoms with van der Waals surface area (Å²) in [6, 6.07) is 9.66. The largest absolute Gasteiger partial charge is 0.307 e. The van der Waals surface area contributed by atoms with E-state index < -0.39 is 6.04 Å². The summed E-state index contributed by atoms with van der Waals surface area (Å²) in [6.45, 7) is 4.64. The van der Waals surface area contributed by atoms with Crippen molar-refractivity contribution in [1.29, 1.82) is 0 Å². The van der Waals surface area contributed by atoms with Crippen molar-refractivity contribution in [1.82, 2.24) is 19.6 Å². The maximum absolute atomic E-state index is 12.5. The van der Waals surface area contributed by atoms with Crippen LogP contribution in [-0.2, 0) is 11.3 Å². The fraction of sp³-hybridized carbons (Fsp3) is 0.278. The third-order valence-corrected chi connectivity index (χ3v) is 4.13. The number of aryl methyl sites for hydroxylation is 1. The van der Waals surface area contributed by atoms with E-state index in [2.05, 4.69) is 46.7 Å². The molecule has 1 aromatic carbocycles. The van der Waals surface area contributed by atoms with Gasteiger partial charge in [0.25, 0.3) is 0 Å². The number of benzene rings is 1. The van der Waals surface area contributed by atoms with Crippen LogP contribution in [0.3, 0.4) is 0 Å². The first kappa shape index (κ1) is 17.2. The lowest BCUT2D eigenvalue weighted by Crippen LogP contribution is -2.26. The van der Waals surface area contributed by atoms with E-state index >= 15 is 0 Å². The number of hydrogen-bond acceptors (Lipinski definition) is 3. The van der Waals surface area contributed by atoms with Gasteiger partial charge in [0.05, 0.1) is 17.8 Å². The van der Waals surface area contributed by atoms with Crippen LogP contribution >= 0.6 is 11.6 Å². The van der Waals surface area contributed by atoms with Crippen molar-refractivity contribution in [3.8, 4) is 0 Å². The van der Waals surface area contributed by atoms with Crippen molar-refractivity contribution in [2.24, 2.45) is 0 Å². The average Bonchev–Trinajstić information content (AvgIpc) is 3.20. The smallest absolute Gasteiger partial charge is 0.250 e. The van der Waals surface area contributed by atoms with Gasteiger partial charge in [0.15, 0.2) is 5.82 Å². The molecule has 0 aliphatic carbocycles. The zero-order valence-corrected chi connectivity index (χ0v) is 14.9. The molecule has 0 radical (unpaired) electrons. The highest BCUT2D eigenvalue weighted by Gasteiger charge is 2.20. The number of rotatable bonds is 6. The molecule has 1 atom stereocenters. The first-order chi connectivity index (χ1) is 12.0. The van der Waals surface area contributed by atoms with Crippen molar-refractivity contribution in [3.05, 3.63) is 65.1 Å². The summed E-state index contributed by atoms with van der Waals surface area (Å²) >= 11 is 5.89. The molecule has 1 amide bonds. The topological polar surface area (TPSA) is 64.7 Å². The molecule has 2 heterocycles. The molecule has 0 fully saturated rings. The highest BCUT2D eigenvalue weighted by atomic mass is 35.5. The lowest BCUT2D eigenvalue weighted by atomic mass is 10.1. The fourth-order valence-corrected chi connectivity index (χ4v) is 2.73. The van der Waals surface area contributed by atoms with Gasteiger partial charge in [-0.15, -0.1) is 0 Å². The fourth-order valence-electron chi connectivity index (χ4n) is 2.58. The molecule has 0 aliphatic rings. The summed E-state index contributed by atoms with van der Waals surface area (Å²) < 4.78 is 3.37. The number of carbonyl (C=O) groups excluding carboxylic acids is 1. The Morgan fingerprint density at radius 3 is 2.68 bits per heavy atom. The number of halogens is 1. The monoisotopic (exact) mass is 357 g/mol. The zero-order chi connectivity index (χ0) is 17.8. The number of hydrogen-bond donors (Lipinski definition) is 1. The summed E-state index contributed by atoms with van der Waals surface area (Å²) in [5.74, 6) is 0.358. The maximum atomic E-state index is 12.5. The molecule has 25 heavy (non-hydrogen) atoms. The van der Waals surface area contributed by atoms with Gasteiger partial charge in [-0.05, 0) is 18.9 Å². The molecule has 0 aliphatic heterocycles. The Morgan fingerprint density at radius 2 is 2.04 bits per heavy atom. The van der Waals surface area contributed by atoms with Crippen LogP contribution in [0.5, 0.6) is 0 Å².